The van der Waals surface area contributed by atoms with Gasteiger partial charge in [-0.05, 0) is 73.5 Å². The van der Waals surface area contributed by atoms with Gasteiger partial charge >= 0.3 is 92.4 Å². The molecule has 0 bridgehead atoms. The van der Waals surface area contributed by atoms with Crippen molar-refractivity contribution in [1.29, 1.82) is 0 Å². The molecule has 0 saturated carbocycles. The van der Waals surface area contributed by atoms with Gasteiger partial charge in [0, 0.05) is 5.41 Å². The molecule has 1 heterocycles. The number of carboxylic acids is 1. The van der Waals surface area contributed by atoms with E-state index in [9.17, 15) is 20.1 Å². The van der Waals surface area contributed by atoms with Crippen LogP contribution in [0.1, 0.15) is 127 Å². The number of hydrogen-bond donors (Lipinski definition) is 2. The number of piperidine rings is 1. The maximum absolute atomic E-state index is 12.1. The summed E-state index contributed by atoms with van der Waals surface area (Å²) in [7, 11) is 0. The summed E-state index contributed by atoms with van der Waals surface area (Å²) in [6, 6.07) is 27.1. The number of hydrogen-bond acceptors (Lipinski definition) is 5. The van der Waals surface area contributed by atoms with Gasteiger partial charge in [-0.15, -0.1) is 0 Å². The molecular weight excluding hydrogens is 725 g/mol. The van der Waals surface area contributed by atoms with Gasteiger partial charge in [0.1, 0.15) is 5.60 Å². The van der Waals surface area contributed by atoms with E-state index in [2.05, 4.69) is 25.7 Å². The zero-order valence-corrected chi connectivity index (χ0v) is 34.6. The number of benzene rings is 3. The molecule has 6 heteroatoms. The second-order valence-corrected chi connectivity index (χ2v) is 23.4. The first kappa shape index (κ1) is 42.2. The van der Waals surface area contributed by atoms with Crippen molar-refractivity contribution in [2.24, 2.45) is 5.92 Å². The molecule has 1 fully saturated rings. The normalized spacial score (nSPS) is 14.9. The molecule has 3 aromatic carbocycles. The fourth-order valence-corrected chi connectivity index (χ4v) is 16.6. The molecule has 0 spiro atoms. The third-order valence-corrected chi connectivity index (χ3v) is 19.8. The van der Waals surface area contributed by atoms with Gasteiger partial charge in [0.25, 0.3) is 0 Å². The first-order valence-corrected chi connectivity index (χ1v) is 25.5. The molecular formula is C44H65NO4Sn. The van der Waals surface area contributed by atoms with Crippen LogP contribution in [0.2, 0.25) is 13.3 Å². The molecule has 0 aromatic heterocycles. The van der Waals surface area contributed by atoms with E-state index in [4.69, 9.17) is 0 Å². The standard InChI is InChI=1S/C32H39NO4.3C4H9.Sn/c1-31(2,30(35)36)25-17-15-24(16-18-25)29(34)14-9-21-33-22-19-28(20-23-33)32(37,26-10-5-3-6-11-26)27-12-7-4-8-13-27;3*1-3-4-2;/h3-8,10-13,15-18,28-29,34,37H,9,14,19-23H2,1-2H3,(H,35,36);3*1,3-4H2,2H3;/q;;;;+1/p-1. The summed E-state index contributed by atoms with van der Waals surface area (Å²) in [5.41, 5.74) is 1.27. The first-order chi connectivity index (χ1) is 24.1. The van der Waals surface area contributed by atoms with Gasteiger partial charge in [-0.25, -0.2) is 0 Å². The Labute approximate surface area is 311 Å². The summed E-state index contributed by atoms with van der Waals surface area (Å²) in [6.07, 6.45) is 11.6. The van der Waals surface area contributed by atoms with Gasteiger partial charge < -0.3 is 25.0 Å². The first-order valence-electron chi connectivity index (χ1n) is 19.5. The Kier molecular flexibility index (Phi) is 18.6. The Morgan fingerprint density at radius 1 is 0.760 bits per heavy atom. The van der Waals surface area contributed by atoms with Gasteiger partial charge in [-0.2, -0.15) is 0 Å². The molecule has 1 aliphatic rings. The molecule has 0 aliphatic carbocycles. The Bertz CT molecular complexity index is 1280. The third-order valence-electron chi connectivity index (χ3n) is 10.7. The zero-order chi connectivity index (χ0) is 36.4. The molecule has 50 heavy (non-hydrogen) atoms. The van der Waals surface area contributed by atoms with E-state index >= 15 is 0 Å². The van der Waals surface area contributed by atoms with Crippen LogP contribution in [-0.2, 0) is 15.8 Å². The van der Waals surface area contributed by atoms with Gasteiger partial charge in [0.05, 0.1) is 12.1 Å². The van der Waals surface area contributed by atoms with Crippen LogP contribution in [0.4, 0.5) is 0 Å². The van der Waals surface area contributed by atoms with E-state index < -0.39 is 42.8 Å². The van der Waals surface area contributed by atoms with Crippen molar-refractivity contribution in [2.75, 3.05) is 19.6 Å². The number of unbranched alkanes of at least 4 members (excludes halogenated alkanes) is 3. The van der Waals surface area contributed by atoms with Crippen molar-refractivity contribution in [3.8, 4) is 0 Å². The van der Waals surface area contributed by atoms with Crippen molar-refractivity contribution in [1.82, 2.24) is 4.90 Å². The number of carbonyl (C=O) groups is 1. The molecule has 1 unspecified atom stereocenters. The van der Waals surface area contributed by atoms with Crippen molar-refractivity contribution in [3.63, 3.8) is 0 Å². The van der Waals surface area contributed by atoms with E-state index in [0.717, 1.165) is 55.6 Å². The summed E-state index contributed by atoms with van der Waals surface area (Å²) in [6.45, 7) is 13.0. The summed E-state index contributed by atoms with van der Waals surface area (Å²) in [4.78, 5) is 13.8. The van der Waals surface area contributed by atoms with Crippen LogP contribution in [0.15, 0.2) is 84.9 Å². The number of aliphatic hydroxyl groups is 2. The fraction of sp³-hybridized carbons (Fsp3) is 0.568. The number of carbonyl (C=O) groups excluding carboxylic acids is 1. The van der Waals surface area contributed by atoms with Crippen LogP contribution < -0.4 is 5.11 Å². The van der Waals surface area contributed by atoms with Crippen LogP contribution in [0.5, 0.6) is 0 Å². The molecule has 1 atom stereocenters. The zero-order valence-electron chi connectivity index (χ0n) is 31.7. The number of likely N-dealkylation sites (tertiary alicyclic amines) is 1. The van der Waals surface area contributed by atoms with Crippen molar-refractivity contribution in [3.05, 3.63) is 107 Å². The van der Waals surface area contributed by atoms with E-state index in [0.29, 0.717) is 12.0 Å². The van der Waals surface area contributed by atoms with Crippen LogP contribution in [0, 0.1) is 5.92 Å². The molecule has 0 amide bonds. The number of aliphatic carboxylic acids is 1. The van der Waals surface area contributed by atoms with Crippen molar-refractivity contribution < 1.29 is 20.1 Å². The van der Waals surface area contributed by atoms with Gasteiger partial charge in [0.15, 0.2) is 0 Å². The predicted molar refractivity (Wildman–Crippen MR) is 209 cm³/mol. The van der Waals surface area contributed by atoms with Crippen molar-refractivity contribution >= 4 is 25.7 Å². The monoisotopic (exact) mass is 791 g/mol. The Hall–Kier alpha value is -2.19. The van der Waals surface area contributed by atoms with E-state index in [-0.39, 0.29) is 5.92 Å². The van der Waals surface area contributed by atoms with Gasteiger partial charge in [-0.3, -0.25) is 0 Å². The predicted octanol–water partition coefficient (Wildman–Crippen LogP) is 9.06. The second-order valence-electron chi connectivity index (χ2n) is 14.9. The number of carboxylic acid groups (broad SMARTS) is 1. The number of aliphatic hydroxyl groups excluding tert-OH is 1. The molecule has 4 rings (SSSR count). The van der Waals surface area contributed by atoms with E-state index in [1.807, 2.05) is 72.8 Å². The molecule has 2 N–H and O–H groups in total. The summed E-state index contributed by atoms with van der Waals surface area (Å²) in [5.74, 6) is -0.988. The van der Waals surface area contributed by atoms with E-state index in [1.54, 1.807) is 39.3 Å². The number of rotatable bonds is 19. The summed E-state index contributed by atoms with van der Waals surface area (Å²) < 4.78 is 5.04. The SMILES string of the molecule is CC(C)(C(=O)[O-])c1ccc(C(O)CCCN2CCC(C(O)(c3ccccc3)c3ccccc3)CC2)cc1.CCC[CH2][Sn+]([CH2]CCC)[CH2]CCC. The second kappa shape index (κ2) is 22.0. The molecule has 0 radical (unpaired) electrons. The summed E-state index contributed by atoms with van der Waals surface area (Å²) in [5, 5.41) is 34.1. The topological polar surface area (TPSA) is 83.8 Å². The minimum atomic E-state index is -1.12. The molecule has 1 saturated heterocycles. The van der Waals surface area contributed by atoms with Crippen LogP contribution >= 0.6 is 0 Å². The Balaban J connectivity index is 0.000000442. The quantitative estimate of drug-likeness (QED) is 0.119. The average molecular weight is 791 g/mol. The molecule has 1 aliphatic heterocycles. The van der Waals surface area contributed by atoms with Crippen molar-refractivity contribution in [2.45, 2.75) is 129 Å². The van der Waals surface area contributed by atoms with Crippen LogP contribution in [0.25, 0.3) is 0 Å². The minimum absolute atomic E-state index is 0.128. The fourth-order valence-electron chi connectivity index (χ4n) is 7.17. The van der Waals surface area contributed by atoms with Crippen LogP contribution in [0.3, 0.4) is 0 Å². The van der Waals surface area contributed by atoms with E-state index in [1.165, 1.54) is 38.5 Å². The number of nitrogens with zero attached hydrogens (tertiary/aromatic N) is 1. The molecule has 5 nitrogen and oxygen atoms in total. The molecule has 3 aromatic rings. The Morgan fingerprint density at radius 3 is 1.64 bits per heavy atom. The Morgan fingerprint density at radius 2 is 1.22 bits per heavy atom. The third kappa shape index (κ3) is 12.5. The van der Waals surface area contributed by atoms with Gasteiger partial charge in [-0.1, -0.05) is 98.8 Å². The van der Waals surface area contributed by atoms with Gasteiger partial charge in [0.2, 0.25) is 0 Å². The molecule has 274 valence electrons. The maximum atomic E-state index is 12.1. The average Bonchev–Trinajstić information content (AvgIpc) is 3.15. The van der Waals surface area contributed by atoms with Crippen LogP contribution in [-0.4, -0.2) is 60.5 Å². The summed E-state index contributed by atoms with van der Waals surface area (Å²) >= 11 is -0.839.